The van der Waals surface area contributed by atoms with E-state index in [9.17, 15) is 9.90 Å². The molecule has 0 aliphatic heterocycles. The number of carbonyl (C=O) groups is 1. The Labute approximate surface area is 109 Å². The van der Waals surface area contributed by atoms with Gasteiger partial charge in [0.15, 0.2) is 0 Å². The van der Waals surface area contributed by atoms with Crippen LogP contribution in [0.1, 0.15) is 37.8 Å². The first-order valence-corrected chi connectivity index (χ1v) is 6.47. The molecule has 0 aliphatic rings. The zero-order valence-corrected chi connectivity index (χ0v) is 11.5. The van der Waals surface area contributed by atoms with E-state index in [0.29, 0.717) is 19.4 Å². The third-order valence-electron chi connectivity index (χ3n) is 3.15. The summed E-state index contributed by atoms with van der Waals surface area (Å²) in [6, 6.07) is 8.17. The van der Waals surface area contributed by atoms with Crippen LogP contribution in [0.2, 0.25) is 0 Å². The summed E-state index contributed by atoms with van der Waals surface area (Å²) >= 11 is 0. The fourth-order valence-corrected chi connectivity index (χ4v) is 1.63. The summed E-state index contributed by atoms with van der Waals surface area (Å²) in [6.45, 7) is 5.99. The van der Waals surface area contributed by atoms with Crippen molar-refractivity contribution >= 4 is 5.91 Å². The van der Waals surface area contributed by atoms with Crippen molar-refractivity contribution in [3.63, 3.8) is 0 Å². The van der Waals surface area contributed by atoms with E-state index >= 15 is 0 Å². The monoisotopic (exact) mass is 249 g/mol. The van der Waals surface area contributed by atoms with Gasteiger partial charge in [-0.25, -0.2) is 0 Å². The molecule has 0 aliphatic carbocycles. The summed E-state index contributed by atoms with van der Waals surface area (Å²) < 4.78 is 0. The highest BCUT2D eigenvalue weighted by atomic mass is 16.3. The van der Waals surface area contributed by atoms with Crippen LogP contribution in [0.3, 0.4) is 0 Å². The van der Waals surface area contributed by atoms with Gasteiger partial charge in [-0.15, -0.1) is 0 Å². The molecule has 100 valence electrons. The van der Waals surface area contributed by atoms with Gasteiger partial charge in [-0.1, -0.05) is 36.8 Å². The first-order valence-electron chi connectivity index (χ1n) is 6.47. The van der Waals surface area contributed by atoms with E-state index in [1.807, 2.05) is 32.0 Å². The van der Waals surface area contributed by atoms with E-state index in [-0.39, 0.29) is 5.91 Å². The van der Waals surface area contributed by atoms with Gasteiger partial charge in [0, 0.05) is 13.0 Å². The molecule has 0 fully saturated rings. The van der Waals surface area contributed by atoms with Crippen molar-refractivity contribution in [2.45, 2.75) is 45.6 Å². The molecule has 2 N–H and O–H groups in total. The van der Waals surface area contributed by atoms with Gasteiger partial charge < -0.3 is 10.4 Å². The van der Waals surface area contributed by atoms with Crippen molar-refractivity contribution in [1.29, 1.82) is 0 Å². The number of aryl methyl sites for hydroxylation is 2. The number of hydrogen-bond donors (Lipinski definition) is 2. The number of carbonyl (C=O) groups excluding carboxylic acids is 1. The van der Waals surface area contributed by atoms with Crippen LogP contribution >= 0.6 is 0 Å². The normalized spacial score (nSPS) is 14.0. The quantitative estimate of drug-likeness (QED) is 0.812. The second-order valence-electron chi connectivity index (χ2n) is 5.12. The number of nitrogens with one attached hydrogen (secondary N) is 1. The lowest BCUT2D eigenvalue weighted by Gasteiger charge is -2.21. The van der Waals surface area contributed by atoms with Gasteiger partial charge in [0.25, 0.3) is 0 Å². The third kappa shape index (κ3) is 5.32. The van der Waals surface area contributed by atoms with Crippen molar-refractivity contribution in [2.24, 2.45) is 0 Å². The van der Waals surface area contributed by atoms with Crippen molar-refractivity contribution in [3.8, 4) is 0 Å². The fraction of sp³-hybridized carbons (Fsp3) is 0.533. The molecule has 1 aromatic carbocycles. The van der Waals surface area contributed by atoms with Gasteiger partial charge in [-0.05, 0) is 32.3 Å². The molecule has 0 radical (unpaired) electrons. The first kappa shape index (κ1) is 14.7. The van der Waals surface area contributed by atoms with Crippen LogP contribution in [0.15, 0.2) is 24.3 Å². The Morgan fingerprint density at radius 3 is 2.78 bits per heavy atom. The third-order valence-corrected chi connectivity index (χ3v) is 3.15. The standard InChI is InChI=1S/C15H23NO2/c1-4-15(3,18)11-16-14(17)9-8-13-7-5-6-12(2)10-13/h5-7,10,18H,4,8-9,11H2,1-3H3,(H,16,17). The largest absolute Gasteiger partial charge is 0.388 e. The summed E-state index contributed by atoms with van der Waals surface area (Å²) in [7, 11) is 0. The summed E-state index contributed by atoms with van der Waals surface area (Å²) in [6.07, 6.45) is 1.83. The highest BCUT2D eigenvalue weighted by molar-refractivity contribution is 5.76. The fourth-order valence-electron chi connectivity index (χ4n) is 1.63. The molecule has 3 nitrogen and oxygen atoms in total. The molecule has 0 spiro atoms. The smallest absolute Gasteiger partial charge is 0.220 e. The molecular weight excluding hydrogens is 226 g/mol. The van der Waals surface area contributed by atoms with Crippen LogP contribution in [0.25, 0.3) is 0 Å². The maximum absolute atomic E-state index is 11.6. The molecule has 0 bridgehead atoms. The van der Waals surface area contributed by atoms with E-state index in [4.69, 9.17) is 0 Å². The van der Waals surface area contributed by atoms with Crippen LogP contribution in [0.5, 0.6) is 0 Å². The van der Waals surface area contributed by atoms with Crippen molar-refractivity contribution in [2.75, 3.05) is 6.54 Å². The van der Waals surface area contributed by atoms with Crippen LogP contribution in [-0.2, 0) is 11.2 Å². The first-order chi connectivity index (χ1) is 8.43. The second kappa shape index (κ2) is 6.55. The molecule has 1 amide bonds. The van der Waals surface area contributed by atoms with Gasteiger partial charge in [0.2, 0.25) is 5.91 Å². The van der Waals surface area contributed by atoms with Crippen molar-refractivity contribution in [3.05, 3.63) is 35.4 Å². The minimum atomic E-state index is -0.807. The molecule has 0 heterocycles. The van der Waals surface area contributed by atoms with Gasteiger partial charge in [0.1, 0.15) is 0 Å². The zero-order valence-electron chi connectivity index (χ0n) is 11.5. The van der Waals surface area contributed by atoms with E-state index < -0.39 is 5.60 Å². The maximum Gasteiger partial charge on any atom is 0.220 e. The Morgan fingerprint density at radius 1 is 1.44 bits per heavy atom. The summed E-state index contributed by atoms with van der Waals surface area (Å²) in [5, 5.41) is 12.5. The molecule has 3 heteroatoms. The highest BCUT2D eigenvalue weighted by Crippen LogP contribution is 2.08. The summed E-state index contributed by atoms with van der Waals surface area (Å²) in [5.41, 5.74) is 1.58. The lowest BCUT2D eigenvalue weighted by Crippen LogP contribution is -2.40. The van der Waals surface area contributed by atoms with Crippen LogP contribution in [0, 0.1) is 6.92 Å². The van der Waals surface area contributed by atoms with Gasteiger partial charge >= 0.3 is 0 Å². The molecule has 0 saturated heterocycles. The highest BCUT2D eigenvalue weighted by Gasteiger charge is 2.17. The molecular formula is C15H23NO2. The van der Waals surface area contributed by atoms with Crippen LogP contribution < -0.4 is 5.32 Å². The van der Waals surface area contributed by atoms with Crippen molar-refractivity contribution in [1.82, 2.24) is 5.32 Å². The lowest BCUT2D eigenvalue weighted by molar-refractivity contribution is -0.122. The second-order valence-corrected chi connectivity index (χ2v) is 5.12. The Balaban J connectivity index is 2.34. The molecule has 1 aromatic rings. The molecule has 0 saturated carbocycles. The van der Waals surface area contributed by atoms with E-state index in [1.165, 1.54) is 11.1 Å². The average molecular weight is 249 g/mol. The predicted octanol–water partition coefficient (Wildman–Crippen LogP) is 2.20. The van der Waals surface area contributed by atoms with E-state index in [1.54, 1.807) is 6.92 Å². The lowest BCUT2D eigenvalue weighted by atomic mass is 10.0. The van der Waals surface area contributed by atoms with E-state index in [2.05, 4.69) is 11.4 Å². The van der Waals surface area contributed by atoms with Crippen LogP contribution in [0.4, 0.5) is 0 Å². The molecule has 0 aromatic heterocycles. The average Bonchev–Trinajstić information content (AvgIpc) is 2.34. The Hall–Kier alpha value is -1.35. The number of amides is 1. The van der Waals surface area contributed by atoms with Crippen LogP contribution in [-0.4, -0.2) is 23.2 Å². The zero-order chi connectivity index (χ0) is 13.6. The van der Waals surface area contributed by atoms with Gasteiger partial charge in [-0.2, -0.15) is 0 Å². The number of benzene rings is 1. The number of rotatable bonds is 6. The molecule has 1 rings (SSSR count). The number of aliphatic hydroxyl groups is 1. The van der Waals surface area contributed by atoms with Crippen molar-refractivity contribution < 1.29 is 9.90 Å². The Kier molecular flexibility index (Phi) is 5.35. The van der Waals surface area contributed by atoms with Gasteiger partial charge in [0.05, 0.1) is 5.60 Å². The predicted molar refractivity (Wildman–Crippen MR) is 73.4 cm³/mol. The minimum Gasteiger partial charge on any atom is -0.388 e. The summed E-state index contributed by atoms with van der Waals surface area (Å²) in [4.78, 5) is 11.6. The van der Waals surface area contributed by atoms with Gasteiger partial charge in [-0.3, -0.25) is 4.79 Å². The Morgan fingerprint density at radius 2 is 2.17 bits per heavy atom. The minimum absolute atomic E-state index is 0.00905. The molecule has 1 atom stereocenters. The molecule has 1 unspecified atom stereocenters. The topological polar surface area (TPSA) is 49.3 Å². The maximum atomic E-state index is 11.6. The molecule has 18 heavy (non-hydrogen) atoms. The number of hydrogen-bond acceptors (Lipinski definition) is 2. The van der Waals surface area contributed by atoms with E-state index in [0.717, 1.165) is 6.42 Å². The summed E-state index contributed by atoms with van der Waals surface area (Å²) in [5.74, 6) is -0.00905. The Bertz CT molecular complexity index is 399. The SMILES string of the molecule is CCC(C)(O)CNC(=O)CCc1cccc(C)c1.